The smallest absolute Gasteiger partial charge is 0.299 e. The van der Waals surface area contributed by atoms with Crippen LogP contribution in [-0.2, 0) is 4.79 Å². The summed E-state index contributed by atoms with van der Waals surface area (Å²) >= 11 is 11.5. The standard InChI is InChI=1S/C14H14Cl2FNO2/c15-7-3-1-2-4-8-18-12-10(17)6-5-9(16)11(12)13(19)14(18)20/h5-6H,1-4,7-8H2. The normalized spacial score (nSPS) is 14.1. The molecule has 1 aromatic carbocycles. The van der Waals surface area contributed by atoms with Crippen molar-refractivity contribution in [3.63, 3.8) is 0 Å². The third-order valence-electron chi connectivity index (χ3n) is 3.28. The largest absolute Gasteiger partial charge is 0.302 e. The number of hydrogen-bond donors (Lipinski definition) is 0. The highest BCUT2D eigenvalue weighted by atomic mass is 35.5. The van der Waals surface area contributed by atoms with Gasteiger partial charge in [0.15, 0.2) is 0 Å². The van der Waals surface area contributed by atoms with Crippen LogP contribution in [0.15, 0.2) is 12.1 Å². The van der Waals surface area contributed by atoms with Crippen LogP contribution in [0.2, 0.25) is 5.02 Å². The molecule has 0 aliphatic carbocycles. The third kappa shape index (κ3) is 2.81. The molecule has 108 valence electrons. The minimum Gasteiger partial charge on any atom is -0.302 e. The van der Waals surface area contributed by atoms with E-state index >= 15 is 0 Å². The molecule has 0 unspecified atom stereocenters. The first-order valence-electron chi connectivity index (χ1n) is 6.48. The van der Waals surface area contributed by atoms with Crippen LogP contribution >= 0.6 is 23.2 Å². The van der Waals surface area contributed by atoms with Crippen LogP contribution in [0.4, 0.5) is 10.1 Å². The van der Waals surface area contributed by atoms with Crippen molar-refractivity contribution in [2.75, 3.05) is 17.3 Å². The summed E-state index contributed by atoms with van der Waals surface area (Å²) in [4.78, 5) is 25.0. The summed E-state index contributed by atoms with van der Waals surface area (Å²) in [7, 11) is 0. The molecule has 1 aliphatic rings. The van der Waals surface area contributed by atoms with Gasteiger partial charge in [-0.15, -0.1) is 11.6 Å². The summed E-state index contributed by atoms with van der Waals surface area (Å²) in [6, 6.07) is 2.47. The fourth-order valence-corrected chi connectivity index (χ4v) is 2.71. The fraction of sp³-hybridized carbons (Fsp3) is 0.429. The molecule has 1 heterocycles. The maximum atomic E-state index is 13.9. The minimum absolute atomic E-state index is 0.0163. The summed E-state index contributed by atoms with van der Waals surface area (Å²) in [6.45, 7) is 0.317. The molecule has 6 heteroatoms. The lowest BCUT2D eigenvalue weighted by Gasteiger charge is -2.17. The van der Waals surface area contributed by atoms with E-state index in [0.717, 1.165) is 19.3 Å². The molecule has 0 radical (unpaired) electrons. The maximum Gasteiger partial charge on any atom is 0.299 e. The molecule has 0 saturated heterocycles. The van der Waals surface area contributed by atoms with E-state index in [0.29, 0.717) is 18.8 Å². The second-order valence-corrected chi connectivity index (χ2v) is 5.43. The van der Waals surface area contributed by atoms with Gasteiger partial charge in [0.1, 0.15) is 5.82 Å². The highest BCUT2D eigenvalue weighted by Crippen LogP contribution is 2.36. The second-order valence-electron chi connectivity index (χ2n) is 4.64. The first kappa shape index (κ1) is 15.3. The number of rotatable bonds is 6. The van der Waals surface area contributed by atoms with Gasteiger partial charge in [0, 0.05) is 12.4 Å². The van der Waals surface area contributed by atoms with Crippen molar-refractivity contribution in [1.29, 1.82) is 0 Å². The van der Waals surface area contributed by atoms with E-state index < -0.39 is 17.5 Å². The number of nitrogens with zero attached hydrogens (tertiary/aromatic N) is 1. The molecule has 0 aromatic heterocycles. The molecule has 1 amide bonds. The van der Waals surface area contributed by atoms with Gasteiger partial charge in [0.25, 0.3) is 11.7 Å². The van der Waals surface area contributed by atoms with Gasteiger partial charge in [-0.3, -0.25) is 9.59 Å². The maximum absolute atomic E-state index is 13.9. The Labute approximate surface area is 126 Å². The van der Waals surface area contributed by atoms with Gasteiger partial charge in [-0.1, -0.05) is 24.4 Å². The SMILES string of the molecule is O=C1C(=O)N(CCCCCCCl)c2c(F)ccc(Cl)c21. The molecule has 0 saturated carbocycles. The Bertz CT molecular complexity index is 548. The van der Waals surface area contributed by atoms with E-state index in [1.165, 1.54) is 17.0 Å². The third-order valence-corrected chi connectivity index (χ3v) is 3.86. The Hall–Kier alpha value is -1.13. The van der Waals surface area contributed by atoms with Crippen LogP contribution in [0.5, 0.6) is 0 Å². The number of alkyl halides is 1. The molecule has 0 N–H and O–H groups in total. The molecule has 0 spiro atoms. The zero-order chi connectivity index (χ0) is 14.7. The number of anilines is 1. The number of Topliss-reactive ketones (excluding diaryl/α,β-unsaturated/α-hetero) is 1. The van der Waals surface area contributed by atoms with Gasteiger partial charge in [0.05, 0.1) is 16.3 Å². The average molecular weight is 318 g/mol. The predicted octanol–water partition coefficient (Wildman–Crippen LogP) is 3.81. The van der Waals surface area contributed by atoms with Crippen LogP contribution in [0.3, 0.4) is 0 Å². The average Bonchev–Trinajstić information content (AvgIpc) is 2.68. The molecule has 2 rings (SSSR count). The van der Waals surface area contributed by atoms with Crippen molar-refractivity contribution in [3.05, 3.63) is 28.5 Å². The first-order chi connectivity index (χ1) is 9.57. The highest BCUT2D eigenvalue weighted by Gasteiger charge is 2.39. The van der Waals surface area contributed by atoms with Crippen LogP contribution in [-0.4, -0.2) is 24.1 Å². The number of fused-ring (bicyclic) bond motifs is 1. The van der Waals surface area contributed by atoms with Gasteiger partial charge < -0.3 is 4.90 Å². The Morgan fingerprint density at radius 3 is 2.50 bits per heavy atom. The van der Waals surface area contributed by atoms with Gasteiger partial charge in [-0.05, 0) is 25.0 Å². The number of carbonyl (C=O) groups excluding carboxylic acids is 2. The van der Waals surface area contributed by atoms with Crippen LogP contribution < -0.4 is 4.90 Å². The van der Waals surface area contributed by atoms with Gasteiger partial charge in [-0.2, -0.15) is 0 Å². The molecular formula is C14H14Cl2FNO2. The number of ketones is 1. The second kappa shape index (κ2) is 6.55. The van der Waals surface area contributed by atoms with E-state index in [-0.39, 0.29) is 16.3 Å². The molecule has 0 fully saturated rings. The number of hydrogen-bond acceptors (Lipinski definition) is 2. The van der Waals surface area contributed by atoms with Gasteiger partial charge in [0.2, 0.25) is 0 Å². The van der Waals surface area contributed by atoms with E-state index in [1.54, 1.807) is 0 Å². The minimum atomic E-state index is -0.731. The zero-order valence-electron chi connectivity index (χ0n) is 10.8. The lowest BCUT2D eigenvalue weighted by molar-refractivity contribution is -0.114. The van der Waals surface area contributed by atoms with E-state index in [2.05, 4.69) is 0 Å². The van der Waals surface area contributed by atoms with Crippen molar-refractivity contribution in [2.45, 2.75) is 25.7 Å². The van der Waals surface area contributed by atoms with Crippen molar-refractivity contribution >= 4 is 40.6 Å². The Balaban J connectivity index is 2.14. The van der Waals surface area contributed by atoms with Gasteiger partial charge >= 0.3 is 0 Å². The van der Waals surface area contributed by atoms with Crippen molar-refractivity contribution < 1.29 is 14.0 Å². The van der Waals surface area contributed by atoms with Crippen LogP contribution in [0.25, 0.3) is 0 Å². The van der Waals surface area contributed by atoms with Crippen molar-refractivity contribution in [3.8, 4) is 0 Å². The Kier molecular flexibility index (Phi) is 5.00. The van der Waals surface area contributed by atoms with E-state index in [1.807, 2.05) is 0 Å². The van der Waals surface area contributed by atoms with E-state index in [4.69, 9.17) is 23.2 Å². The number of unbranched alkanes of at least 4 members (excludes halogenated alkanes) is 3. The van der Waals surface area contributed by atoms with E-state index in [9.17, 15) is 14.0 Å². The zero-order valence-corrected chi connectivity index (χ0v) is 12.3. The molecule has 20 heavy (non-hydrogen) atoms. The monoisotopic (exact) mass is 317 g/mol. The molecule has 1 aromatic rings. The summed E-state index contributed by atoms with van der Waals surface area (Å²) in [6.07, 6.45) is 3.43. The Morgan fingerprint density at radius 1 is 1.10 bits per heavy atom. The summed E-state index contributed by atoms with van der Waals surface area (Å²) in [5.41, 5.74) is 0.00210. The fourth-order valence-electron chi connectivity index (χ4n) is 2.28. The summed E-state index contributed by atoms with van der Waals surface area (Å²) in [5.74, 6) is -1.42. The molecule has 1 aliphatic heterocycles. The molecule has 0 atom stereocenters. The number of halogens is 3. The number of amides is 1. The lowest BCUT2D eigenvalue weighted by Crippen LogP contribution is -2.31. The molecular weight excluding hydrogens is 304 g/mol. The topological polar surface area (TPSA) is 37.4 Å². The quantitative estimate of drug-likeness (QED) is 0.454. The van der Waals surface area contributed by atoms with Crippen molar-refractivity contribution in [1.82, 2.24) is 0 Å². The highest BCUT2D eigenvalue weighted by molar-refractivity contribution is 6.55. The predicted molar refractivity (Wildman–Crippen MR) is 77.3 cm³/mol. The first-order valence-corrected chi connectivity index (χ1v) is 7.39. The number of benzene rings is 1. The lowest BCUT2D eigenvalue weighted by atomic mass is 10.1. The number of carbonyl (C=O) groups is 2. The molecule has 0 bridgehead atoms. The van der Waals surface area contributed by atoms with Gasteiger partial charge in [-0.25, -0.2) is 4.39 Å². The van der Waals surface area contributed by atoms with Crippen LogP contribution in [0.1, 0.15) is 36.0 Å². The Morgan fingerprint density at radius 2 is 1.80 bits per heavy atom. The van der Waals surface area contributed by atoms with Crippen LogP contribution in [0, 0.1) is 5.82 Å². The molecule has 3 nitrogen and oxygen atoms in total. The summed E-state index contributed by atoms with van der Waals surface area (Å²) < 4.78 is 13.9. The van der Waals surface area contributed by atoms with Crippen molar-refractivity contribution in [2.24, 2.45) is 0 Å². The summed E-state index contributed by atoms with van der Waals surface area (Å²) in [5, 5.41) is 0.115.